The molecular weight excluding hydrogens is 208 g/mol. The molecule has 0 unspecified atom stereocenters. The lowest BCUT2D eigenvalue weighted by atomic mass is 9.80. The zero-order valence-electron chi connectivity index (χ0n) is 9.41. The van der Waals surface area contributed by atoms with Crippen molar-refractivity contribution in [2.45, 2.75) is 12.8 Å². The summed E-state index contributed by atoms with van der Waals surface area (Å²) in [4.78, 5) is 2.59. The van der Waals surface area contributed by atoms with Crippen LogP contribution in [0.15, 0.2) is 0 Å². The molecule has 0 aromatic heterocycles. The fourth-order valence-electron chi connectivity index (χ4n) is 2.46. The van der Waals surface area contributed by atoms with Gasteiger partial charge in [-0.3, -0.25) is 0 Å². The molecule has 0 saturated carbocycles. The smallest absolute Gasteiger partial charge is 0.0472 e. The second-order valence-electron chi connectivity index (χ2n) is 4.71. The maximum absolute atomic E-state index is 5.97. The molecule has 0 spiro atoms. The molecule has 88 valence electrons. The first-order valence-electron chi connectivity index (χ1n) is 5.93. The molecular formula is C11H22N2OS. The van der Waals surface area contributed by atoms with Crippen molar-refractivity contribution in [2.24, 2.45) is 11.1 Å². The third kappa shape index (κ3) is 3.09. The summed E-state index contributed by atoms with van der Waals surface area (Å²) in [5.41, 5.74) is 6.32. The van der Waals surface area contributed by atoms with Crippen molar-refractivity contribution in [3.63, 3.8) is 0 Å². The Hall–Kier alpha value is 0.230. The fraction of sp³-hybridized carbons (Fsp3) is 1.00. The van der Waals surface area contributed by atoms with Gasteiger partial charge in [-0.25, -0.2) is 0 Å². The number of hydrogen-bond donors (Lipinski definition) is 1. The molecule has 0 amide bonds. The molecule has 2 rings (SSSR count). The van der Waals surface area contributed by atoms with Gasteiger partial charge in [-0.05, 0) is 24.8 Å². The molecule has 0 aliphatic carbocycles. The number of nitrogens with zero attached hydrogens (tertiary/aromatic N) is 1. The Kier molecular flexibility index (Phi) is 4.31. The van der Waals surface area contributed by atoms with Gasteiger partial charge in [-0.15, -0.1) is 0 Å². The third-order valence-electron chi connectivity index (χ3n) is 3.65. The summed E-state index contributed by atoms with van der Waals surface area (Å²) in [5.74, 6) is 2.58. The van der Waals surface area contributed by atoms with Crippen LogP contribution in [0.2, 0.25) is 0 Å². The topological polar surface area (TPSA) is 38.5 Å². The first-order valence-corrected chi connectivity index (χ1v) is 7.08. The van der Waals surface area contributed by atoms with Crippen molar-refractivity contribution < 1.29 is 4.74 Å². The van der Waals surface area contributed by atoms with Crippen LogP contribution in [0.4, 0.5) is 0 Å². The number of ether oxygens (including phenoxy) is 1. The molecule has 2 fully saturated rings. The lowest BCUT2D eigenvalue weighted by Crippen LogP contribution is -2.48. The Morgan fingerprint density at radius 2 is 1.87 bits per heavy atom. The maximum atomic E-state index is 5.97. The lowest BCUT2D eigenvalue weighted by Gasteiger charge is -2.41. The molecule has 0 aromatic rings. The van der Waals surface area contributed by atoms with Crippen molar-refractivity contribution in [1.29, 1.82) is 0 Å². The van der Waals surface area contributed by atoms with Crippen LogP contribution in [0.25, 0.3) is 0 Å². The minimum absolute atomic E-state index is 0.347. The van der Waals surface area contributed by atoms with E-state index in [4.69, 9.17) is 10.5 Å². The standard InChI is InChI=1S/C11H22N2OS/c12-9-11(1-5-14-6-2-11)10-13-3-7-15-8-4-13/h1-10,12H2. The summed E-state index contributed by atoms with van der Waals surface area (Å²) in [7, 11) is 0. The summed E-state index contributed by atoms with van der Waals surface area (Å²) < 4.78 is 5.44. The van der Waals surface area contributed by atoms with Crippen LogP contribution in [0.5, 0.6) is 0 Å². The molecule has 2 aliphatic heterocycles. The number of nitrogens with two attached hydrogens (primary N) is 1. The van der Waals surface area contributed by atoms with E-state index in [1.165, 1.54) is 31.1 Å². The Bertz CT molecular complexity index is 189. The van der Waals surface area contributed by atoms with Crippen LogP contribution >= 0.6 is 11.8 Å². The molecule has 15 heavy (non-hydrogen) atoms. The van der Waals surface area contributed by atoms with Crippen LogP contribution in [-0.4, -0.2) is 55.8 Å². The van der Waals surface area contributed by atoms with E-state index in [1.54, 1.807) is 0 Å². The Balaban J connectivity index is 1.87. The van der Waals surface area contributed by atoms with Crippen molar-refractivity contribution in [3.8, 4) is 0 Å². The highest BCUT2D eigenvalue weighted by molar-refractivity contribution is 7.99. The van der Waals surface area contributed by atoms with Crippen molar-refractivity contribution in [3.05, 3.63) is 0 Å². The van der Waals surface area contributed by atoms with Crippen LogP contribution in [0.1, 0.15) is 12.8 Å². The lowest BCUT2D eigenvalue weighted by molar-refractivity contribution is 0.00137. The second kappa shape index (κ2) is 5.53. The summed E-state index contributed by atoms with van der Waals surface area (Å²) in [6.45, 7) is 6.30. The van der Waals surface area contributed by atoms with Gasteiger partial charge in [0, 0.05) is 44.4 Å². The van der Waals surface area contributed by atoms with Gasteiger partial charge in [0.25, 0.3) is 0 Å². The van der Waals surface area contributed by atoms with Gasteiger partial charge < -0.3 is 15.4 Å². The van der Waals surface area contributed by atoms with Crippen molar-refractivity contribution >= 4 is 11.8 Å². The molecule has 0 atom stereocenters. The van der Waals surface area contributed by atoms with Gasteiger partial charge in [0.05, 0.1) is 0 Å². The predicted octanol–water partition coefficient (Wildman–Crippen LogP) is 0.791. The van der Waals surface area contributed by atoms with Gasteiger partial charge in [-0.2, -0.15) is 11.8 Å². The molecule has 0 radical (unpaired) electrons. The largest absolute Gasteiger partial charge is 0.381 e. The van der Waals surface area contributed by atoms with Gasteiger partial charge in [0.15, 0.2) is 0 Å². The van der Waals surface area contributed by atoms with Gasteiger partial charge in [0.1, 0.15) is 0 Å². The highest BCUT2D eigenvalue weighted by atomic mass is 32.2. The minimum atomic E-state index is 0.347. The van der Waals surface area contributed by atoms with E-state index in [0.717, 1.165) is 32.6 Å². The van der Waals surface area contributed by atoms with Crippen molar-refractivity contribution in [1.82, 2.24) is 4.90 Å². The quantitative estimate of drug-likeness (QED) is 0.778. The highest BCUT2D eigenvalue weighted by Gasteiger charge is 2.33. The molecule has 2 heterocycles. The van der Waals surface area contributed by atoms with Crippen LogP contribution < -0.4 is 5.73 Å². The Morgan fingerprint density at radius 1 is 1.20 bits per heavy atom. The van der Waals surface area contributed by atoms with E-state index >= 15 is 0 Å². The molecule has 3 nitrogen and oxygen atoms in total. The van der Waals surface area contributed by atoms with Gasteiger partial charge in [0.2, 0.25) is 0 Å². The summed E-state index contributed by atoms with van der Waals surface area (Å²) >= 11 is 2.07. The number of hydrogen-bond acceptors (Lipinski definition) is 4. The van der Waals surface area contributed by atoms with E-state index in [1.807, 2.05) is 0 Å². The number of rotatable bonds is 3. The van der Waals surface area contributed by atoms with E-state index in [0.29, 0.717) is 5.41 Å². The SMILES string of the molecule is NCC1(CN2CCSCC2)CCOCC1. The highest BCUT2D eigenvalue weighted by Crippen LogP contribution is 2.31. The van der Waals surface area contributed by atoms with Crippen LogP contribution in [-0.2, 0) is 4.74 Å². The van der Waals surface area contributed by atoms with E-state index in [9.17, 15) is 0 Å². The monoisotopic (exact) mass is 230 g/mol. The van der Waals surface area contributed by atoms with Crippen molar-refractivity contribution in [2.75, 3.05) is 50.9 Å². The Labute approximate surface area is 96.7 Å². The number of thioether (sulfide) groups is 1. The Morgan fingerprint density at radius 3 is 2.47 bits per heavy atom. The van der Waals surface area contributed by atoms with Crippen LogP contribution in [0.3, 0.4) is 0 Å². The first kappa shape index (κ1) is 11.7. The average Bonchev–Trinajstić information content (AvgIpc) is 2.32. The van der Waals surface area contributed by atoms with Crippen LogP contribution in [0, 0.1) is 5.41 Å². The minimum Gasteiger partial charge on any atom is -0.381 e. The maximum Gasteiger partial charge on any atom is 0.0472 e. The summed E-state index contributed by atoms with van der Waals surface area (Å²) in [5, 5.41) is 0. The molecule has 2 saturated heterocycles. The second-order valence-corrected chi connectivity index (χ2v) is 5.93. The van der Waals surface area contributed by atoms with Gasteiger partial charge >= 0.3 is 0 Å². The molecule has 4 heteroatoms. The normalized spacial score (nSPS) is 27.8. The summed E-state index contributed by atoms with van der Waals surface area (Å²) in [6.07, 6.45) is 2.29. The average molecular weight is 230 g/mol. The molecule has 0 bridgehead atoms. The predicted molar refractivity (Wildman–Crippen MR) is 65.3 cm³/mol. The zero-order chi connectivity index (χ0) is 10.6. The zero-order valence-corrected chi connectivity index (χ0v) is 10.2. The first-order chi connectivity index (χ1) is 7.35. The molecule has 2 N–H and O–H groups in total. The van der Waals surface area contributed by atoms with E-state index in [-0.39, 0.29) is 0 Å². The third-order valence-corrected chi connectivity index (χ3v) is 4.59. The summed E-state index contributed by atoms with van der Waals surface area (Å²) in [6, 6.07) is 0. The van der Waals surface area contributed by atoms with E-state index in [2.05, 4.69) is 16.7 Å². The fourth-order valence-corrected chi connectivity index (χ4v) is 3.44. The van der Waals surface area contributed by atoms with Gasteiger partial charge in [-0.1, -0.05) is 0 Å². The molecule has 0 aromatic carbocycles. The molecule has 2 aliphatic rings. The van der Waals surface area contributed by atoms with E-state index < -0.39 is 0 Å².